The summed E-state index contributed by atoms with van der Waals surface area (Å²) in [5, 5.41) is 9.19. The molecule has 1 heterocycles. The Balaban J connectivity index is 2.40. The van der Waals surface area contributed by atoms with Gasteiger partial charge in [-0.3, -0.25) is 0 Å². The number of hydrogen-bond donors (Lipinski definition) is 0. The highest BCUT2D eigenvalue weighted by atomic mass is 19.1. The van der Waals surface area contributed by atoms with Gasteiger partial charge in [-0.2, -0.15) is 5.26 Å². The largest absolute Gasteiger partial charge is 0.348 e. The molecule has 0 aliphatic carbocycles. The molecule has 0 unspecified atom stereocenters. The number of benzene rings is 1. The van der Waals surface area contributed by atoms with Crippen LogP contribution in [0.25, 0.3) is 11.6 Å². The molecule has 2 rings (SSSR count). The number of hydrogen-bond acceptors (Lipinski definition) is 1. The van der Waals surface area contributed by atoms with Gasteiger partial charge in [0.15, 0.2) is 0 Å². The van der Waals surface area contributed by atoms with Crippen molar-refractivity contribution in [3.63, 3.8) is 0 Å². The topological polar surface area (TPSA) is 28.7 Å². The molecular formula is C15H13FN2. The quantitative estimate of drug-likeness (QED) is 0.752. The van der Waals surface area contributed by atoms with E-state index in [0.29, 0.717) is 5.57 Å². The van der Waals surface area contributed by atoms with Crippen LogP contribution in [0.3, 0.4) is 0 Å². The fraction of sp³-hybridized carbons (Fsp3) is 0.133. The molecule has 3 heteroatoms. The van der Waals surface area contributed by atoms with Crippen LogP contribution >= 0.6 is 0 Å². The number of rotatable bonds is 3. The third kappa shape index (κ3) is 2.49. The lowest BCUT2D eigenvalue weighted by Crippen LogP contribution is -1.94. The molecule has 0 N–H and O–H groups in total. The van der Waals surface area contributed by atoms with Crippen molar-refractivity contribution in [2.45, 2.75) is 13.5 Å². The van der Waals surface area contributed by atoms with Crippen molar-refractivity contribution >= 4 is 11.6 Å². The Morgan fingerprint density at radius 2 is 2.06 bits per heavy atom. The van der Waals surface area contributed by atoms with Gasteiger partial charge in [0.05, 0.1) is 11.6 Å². The normalized spacial score (nSPS) is 11.3. The summed E-state index contributed by atoms with van der Waals surface area (Å²) in [5.74, 6) is -0.298. The zero-order chi connectivity index (χ0) is 13.0. The molecule has 18 heavy (non-hydrogen) atoms. The number of allylic oxidation sites excluding steroid dienone is 1. The van der Waals surface area contributed by atoms with Crippen LogP contribution in [0.4, 0.5) is 4.39 Å². The molecule has 0 fully saturated rings. The Morgan fingerprint density at radius 1 is 1.33 bits per heavy atom. The molecule has 2 aromatic rings. The number of nitrogens with zero attached hydrogens (tertiary/aromatic N) is 2. The maximum atomic E-state index is 12.8. The van der Waals surface area contributed by atoms with Crippen LogP contribution in [0, 0.1) is 17.1 Å². The van der Waals surface area contributed by atoms with Crippen molar-refractivity contribution in [3.8, 4) is 6.07 Å². The average molecular weight is 240 g/mol. The highest BCUT2D eigenvalue weighted by Gasteiger charge is 2.03. The Kier molecular flexibility index (Phi) is 3.59. The average Bonchev–Trinajstić information content (AvgIpc) is 2.84. The zero-order valence-electron chi connectivity index (χ0n) is 10.1. The third-order valence-corrected chi connectivity index (χ3v) is 2.77. The summed E-state index contributed by atoms with van der Waals surface area (Å²) < 4.78 is 14.9. The summed E-state index contributed by atoms with van der Waals surface area (Å²) in [4.78, 5) is 0. The second-order valence-corrected chi connectivity index (χ2v) is 3.90. The van der Waals surface area contributed by atoms with E-state index in [1.165, 1.54) is 12.1 Å². The summed E-state index contributed by atoms with van der Waals surface area (Å²) >= 11 is 0. The van der Waals surface area contributed by atoms with E-state index in [9.17, 15) is 9.65 Å². The first-order valence-electron chi connectivity index (χ1n) is 5.77. The molecule has 1 aromatic heterocycles. The van der Waals surface area contributed by atoms with E-state index < -0.39 is 0 Å². The van der Waals surface area contributed by atoms with Crippen molar-refractivity contribution in [2.24, 2.45) is 0 Å². The molecule has 0 aliphatic rings. The maximum Gasteiger partial charge on any atom is 0.123 e. The molecule has 1 aromatic carbocycles. The van der Waals surface area contributed by atoms with E-state index in [1.807, 2.05) is 35.9 Å². The second-order valence-electron chi connectivity index (χ2n) is 3.90. The first kappa shape index (κ1) is 12.1. The highest BCUT2D eigenvalue weighted by molar-refractivity contribution is 5.89. The predicted octanol–water partition coefficient (Wildman–Crippen LogP) is 3.71. The first-order chi connectivity index (χ1) is 8.74. The molecular weight excluding hydrogens is 227 g/mol. The number of nitriles is 1. The van der Waals surface area contributed by atoms with Gasteiger partial charge >= 0.3 is 0 Å². The fourth-order valence-electron chi connectivity index (χ4n) is 1.80. The third-order valence-electron chi connectivity index (χ3n) is 2.77. The van der Waals surface area contributed by atoms with E-state index in [1.54, 1.807) is 12.1 Å². The van der Waals surface area contributed by atoms with Crippen molar-refractivity contribution in [3.05, 3.63) is 59.7 Å². The smallest absolute Gasteiger partial charge is 0.123 e. The lowest BCUT2D eigenvalue weighted by atomic mass is 10.1. The number of halogens is 1. The highest BCUT2D eigenvalue weighted by Crippen LogP contribution is 2.18. The van der Waals surface area contributed by atoms with Gasteiger partial charge in [0, 0.05) is 18.4 Å². The molecule has 0 radical (unpaired) electrons. The summed E-state index contributed by atoms with van der Waals surface area (Å²) in [6.45, 7) is 2.89. The first-order valence-corrected chi connectivity index (χ1v) is 5.77. The minimum atomic E-state index is -0.298. The van der Waals surface area contributed by atoms with E-state index in [2.05, 4.69) is 6.07 Å². The molecule has 0 aliphatic heterocycles. The number of aromatic nitrogens is 1. The lowest BCUT2D eigenvalue weighted by molar-refractivity contribution is 0.627. The van der Waals surface area contributed by atoms with Crippen LogP contribution in [0.1, 0.15) is 18.2 Å². The van der Waals surface area contributed by atoms with Gasteiger partial charge in [-0.05, 0) is 42.8 Å². The van der Waals surface area contributed by atoms with Crippen molar-refractivity contribution in [2.75, 3.05) is 0 Å². The van der Waals surface area contributed by atoms with Gasteiger partial charge in [0.25, 0.3) is 0 Å². The standard InChI is InChI=1S/C15H13FN2/c1-2-18-9-3-4-15(18)10-13(11-17)12-5-7-14(16)8-6-12/h3-10H,2H2,1H3/b13-10-. The van der Waals surface area contributed by atoms with E-state index in [0.717, 1.165) is 17.8 Å². The van der Waals surface area contributed by atoms with E-state index in [4.69, 9.17) is 0 Å². The summed E-state index contributed by atoms with van der Waals surface area (Å²) in [7, 11) is 0. The second kappa shape index (κ2) is 5.33. The van der Waals surface area contributed by atoms with Crippen LogP contribution in [0.15, 0.2) is 42.6 Å². The van der Waals surface area contributed by atoms with Crippen LogP contribution in [-0.4, -0.2) is 4.57 Å². The summed E-state index contributed by atoms with van der Waals surface area (Å²) in [6, 6.07) is 12.0. The fourth-order valence-corrected chi connectivity index (χ4v) is 1.80. The van der Waals surface area contributed by atoms with Crippen LogP contribution in [-0.2, 0) is 6.54 Å². The number of aryl methyl sites for hydroxylation is 1. The predicted molar refractivity (Wildman–Crippen MR) is 70.0 cm³/mol. The minimum Gasteiger partial charge on any atom is -0.348 e. The van der Waals surface area contributed by atoms with Crippen LogP contribution < -0.4 is 0 Å². The monoisotopic (exact) mass is 240 g/mol. The van der Waals surface area contributed by atoms with Gasteiger partial charge < -0.3 is 4.57 Å². The summed E-state index contributed by atoms with van der Waals surface area (Å²) in [5.41, 5.74) is 2.23. The molecule has 0 saturated carbocycles. The minimum absolute atomic E-state index is 0.298. The van der Waals surface area contributed by atoms with Crippen molar-refractivity contribution in [1.82, 2.24) is 4.57 Å². The Labute approximate surface area is 106 Å². The van der Waals surface area contributed by atoms with Gasteiger partial charge in [-0.15, -0.1) is 0 Å². The molecule has 90 valence electrons. The van der Waals surface area contributed by atoms with Gasteiger partial charge in [0.2, 0.25) is 0 Å². The summed E-state index contributed by atoms with van der Waals surface area (Å²) in [6.07, 6.45) is 3.78. The van der Waals surface area contributed by atoms with E-state index in [-0.39, 0.29) is 5.82 Å². The molecule has 0 atom stereocenters. The van der Waals surface area contributed by atoms with Crippen molar-refractivity contribution in [1.29, 1.82) is 5.26 Å². The molecule has 0 bridgehead atoms. The van der Waals surface area contributed by atoms with Gasteiger partial charge in [-0.25, -0.2) is 4.39 Å². The zero-order valence-corrected chi connectivity index (χ0v) is 10.1. The van der Waals surface area contributed by atoms with Crippen molar-refractivity contribution < 1.29 is 4.39 Å². The van der Waals surface area contributed by atoms with E-state index >= 15 is 0 Å². The lowest BCUT2D eigenvalue weighted by Gasteiger charge is -2.03. The molecule has 0 amide bonds. The van der Waals surface area contributed by atoms with Crippen LogP contribution in [0.5, 0.6) is 0 Å². The Hall–Kier alpha value is -2.34. The Morgan fingerprint density at radius 3 is 2.67 bits per heavy atom. The molecule has 2 nitrogen and oxygen atoms in total. The SMILES string of the molecule is CCn1cccc1/C=C(/C#N)c1ccc(F)cc1. The molecule has 0 spiro atoms. The maximum absolute atomic E-state index is 12.8. The van der Waals surface area contributed by atoms with Gasteiger partial charge in [-0.1, -0.05) is 12.1 Å². The molecule has 0 saturated heterocycles. The van der Waals surface area contributed by atoms with Crippen LogP contribution in [0.2, 0.25) is 0 Å². The Bertz CT molecular complexity index is 600. The van der Waals surface area contributed by atoms with Gasteiger partial charge in [0.1, 0.15) is 5.82 Å².